The maximum absolute atomic E-state index is 14.0. The molecule has 1 fully saturated rings. The van der Waals surface area contributed by atoms with Crippen LogP contribution in [-0.4, -0.2) is 23.9 Å². The molecule has 0 saturated heterocycles. The average molecular weight is 250 g/mol. The highest BCUT2D eigenvalue weighted by Gasteiger charge is 2.27. The number of hydrogen-bond acceptors (Lipinski definition) is 2. The van der Waals surface area contributed by atoms with E-state index < -0.39 is 5.82 Å². The smallest absolute Gasteiger partial charge is 0.256 e. The molecule has 0 heterocycles. The van der Waals surface area contributed by atoms with Crippen molar-refractivity contribution in [3.8, 4) is 0 Å². The van der Waals surface area contributed by atoms with E-state index in [9.17, 15) is 9.18 Å². The van der Waals surface area contributed by atoms with E-state index in [0.717, 1.165) is 6.54 Å². The van der Waals surface area contributed by atoms with Crippen LogP contribution in [0.15, 0.2) is 12.1 Å². The number of aryl methyl sites for hydroxylation is 1. The van der Waals surface area contributed by atoms with Gasteiger partial charge in [-0.25, -0.2) is 4.39 Å². The number of benzene rings is 1. The molecule has 1 amide bonds. The summed E-state index contributed by atoms with van der Waals surface area (Å²) in [6, 6.07) is 2.98. The molecule has 4 heteroatoms. The third-order valence-corrected chi connectivity index (χ3v) is 3.35. The highest BCUT2D eigenvalue weighted by atomic mass is 19.1. The Labute approximate surface area is 107 Å². The molecule has 1 aliphatic carbocycles. The molecule has 3 nitrogen and oxygen atoms in total. The van der Waals surface area contributed by atoms with E-state index >= 15 is 0 Å². The Morgan fingerprint density at radius 1 is 1.50 bits per heavy atom. The summed E-state index contributed by atoms with van der Waals surface area (Å²) in [6.07, 6.45) is 2.34. The standard InChI is InChI=1S/C14H19FN2O/c1-3-17(8-10-4-5-10)14(18)12-7-11(16)6-9(2)13(12)15/h6-7,10H,3-5,8,16H2,1-2H3. The third kappa shape index (κ3) is 2.63. The fourth-order valence-electron chi connectivity index (χ4n) is 2.09. The zero-order valence-electron chi connectivity index (χ0n) is 10.9. The fourth-order valence-corrected chi connectivity index (χ4v) is 2.09. The minimum atomic E-state index is -0.455. The molecule has 0 aliphatic heterocycles. The minimum Gasteiger partial charge on any atom is -0.399 e. The molecule has 0 spiro atoms. The second-order valence-corrected chi connectivity index (χ2v) is 4.99. The molecule has 98 valence electrons. The summed E-state index contributed by atoms with van der Waals surface area (Å²) in [5, 5.41) is 0. The molecule has 0 bridgehead atoms. The number of anilines is 1. The molecular formula is C14H19FN2O. The van der Waals surface area contributed by atoms with E-state index in [2.05, 4.69) is 0 Å². The summed E-state index contributed by atoms with van der Waals surface area (Å²) in [6.45, 7) is 4.86. The maximum atomic E-state index is 14.0. The monoisotopic (exact) mass is 250 g/mol. The summed E-state index contributed by atoms with van der Waals surface area (Å²) < 4.78 is 14.0. The van der Waals surface area contributed by atoms with Gasteiger partial charge >= 0.3 is 0 Å². The van der Waals surface area contributed by atoms with Gasteiger partial charge in [0.15, 0.2) is 0 Å². The first-order valence-electron chi connectivity index (χ1n) is 6.37. The number of carbonyl (C=O) groups excluding carboxylic acids is 1. The Morgan fingerprint density at radius 2 is 2.17 bits per heavy atom. The predicted molar refractivity (Wildman–Crippen MR) is 69.9 cm³/mol. The number of nitrogens with two attached hydrogens (primary N) is 1. The predicted octanol–water partition coefficient (Wildman–Crippen LogP) is 2.59. The molecule has 0 aromatic heterocycles. The van der Waals surface area contributed by atoms with Crippen molar-refractivity contribution in [2.45, 2.75) is 26.7 Å². The van der Waals surface area contributed by atoms with Crippen molar-refractivity contribution in [1.82, 2.24) is 4.90 Å². The topological polar surface area (TPSA) is 46.3 Å². The minimum absolute atomic E-state index is 0.0926. The van der Waals surface area contributed by atoms with Gasteiger partial charge in [-0.05, 0) is 50.3 Å². The Balaban J connectivity index is 2.25. The molecule has 18 heavy (non-hydrogen) atoms. The van der Waals surface area contributed by atoms with Crippen molar-refractivity contribution in [2.75, 3.05) is 18.8 Å². The Hall–Kier alpha value is -1.58. The van der Waals surface area contributed by atoms with Gasteiger partial charge in [0.05, 0.1) is 5.56 Å². The van der Waals surface area contributed by atoms with Crippen LogP contribution in [0.3, 0.4) is 0 Å². The number of amides is 1. The van der Waals surface area contributed by atoms with Crippen molar-refractivity contribution in [3.05, 3.63) is 29.1 Å². The largest absolute Gasteiger partial charge is 0.399 e. The first-order valence-corrected chi connectivity index (χ1v) is 6.37. The van der Waals surface area contributed by atoms with Crippen LogP contribution in [0.5, 0.6) is 0 Å². The van der Waals surface area contributed by atoms with Crippen LogP contribution in [0.2, 0.25) is 0 Å². The number of nitrogen functional groups attached to an aromatic ring is 1. The van der Waals surface area contributed by atoms with Crippen LogP contribution in [-0.2, 0) is 0 Å². The van der Waals surface area contributed by atoms with Crippen molar-refractivity contribution in [3.63, 3.8) is 0 Å². The van der Waals surface area contributed by atoms with Gasteiger partial charge in [0.2, 0.25) is 0 Å². The van der Waals surface area contributed by atoms with Gasteiger partial charge in [-0.2, -0.15) is 0 Å². The van der Waals surface area contributed by atoms with Gasteiger partial charge in [-0.3, -0.25) is 4.79 Å². The van der Waals surface area contributed by atoms with Crippen LogP contribution in [0, 0.1) is 18.7 Å². The summed E-state index contributed by atoms with van der Waals surface area (Å²) in [7, 11) is 0. The van der Waals surface area contributed by atoms with E-state index in [1.807, 2.05) is 6.92 Å². The number of carbonyl (C=O) groups is 1. The van der Waals surface area contributed by atoms with E-state index in [1.54, 1.807) is 17.9 Å². The van der Waals surface area contributed by atoms with Crippen LogP contribution in [0.25, 0.3) is 0 Å². The van der Waals surface area contributed by atoms with Crippen molar-refractivity contribution in [1.29, 1.82) is 0 Å². The normalized spacial score (nSPS) is 14.6. The number of rotatable bonds is 4. The summed E-state index contributed by atoms with van der Waals surface area (Å²) >= 11 is 0. The van der Waals surface area contributed by atoms with Gasteiger partial charge in [-0.1, -0.05) is 0 Å². The highest BCUT2D eigenvalue weighted by molar-refractivity contribution is 5.95. The molecule has 1 aliphatic rings. The molecule has 1 aromatic rings. The van der Waals surface area contributed by atoms with Crippen molar-refractivity contribution < 1.29 is 9.18 Å². The average Bonchev–Trinajstić information content (AvgIpc) is 3.13. The second kappa shape index (κ2) is 4.96. The second-order valence-electron chi connectivity index (χ2n) is 4.99. The molecule has 1 saturated carbocycles. The van der Waals surface area contributed by atoms with Gasteiger partial charge in [0.1, 0.15) is 5.82 Å². The molecular weight excluding hydrogens is 231 g/mol. The lowest BCUT2D eigenvalue weighted by Crippen LogP contribution is -2.33. The van der Waals surface area contributed by atoms with Gasteiger partial charge in [0, 0.05) is 18.8 Å². The highest BCUT2D eigenvalue weighted by Crippen LogP contribution is 2.30. The summed E-state index contributed by atoms with van der Waals surface area (Å²) in [5.41, 5.74) is 6.62. The summed E-state index contributed by atoms with van der Waals surface area (Å²) in [4.78, 5) is 14.0. The Bertz CT molecular complexity index is 469. The van der Waals surface area contributed by atoms with Gasteiger partial charge < -0.3 is 10.6 Å². The first kappa shape index (κ1) is 12.9. The van der Waals surface area contributed by atoms with Crippen LogP contribution in [0.1, 0.15) is 35.7 Å². The molecule has 2 N–H and O–H groups in total. The lowest BCUT2D eigenvalue weighted by molar-refractivity contribution is 0.0752. The van der Waals surface area contributed by atoms with Crippen LogP contribution < -0.4 is 5.73 Å². The maximum Gasteiger partial charge on any atom is 0.256 e. The molecule has 1 aromatic carbocycles. The van der Waals surface area contributed by atoms with Crippen molar-refractivity contribution >= 4 is 11.6 Å². The summed E-state index contributed by atoms with van der Waals surface area (Å²) in [5.74, 6) is -0.111. The number of halogens is 1. The molecule has 2 rings (SSSR count). The fraction of sp³-hybridized carbons (Fsp3) is 0.500. The molecule has 0 atom stereocenters. The molecule has 0 radical (unpaired) electrons. The van der Waals surface area contributed by atoms with Crippen LogP contribution in [0.4, 0.5) is 10.1 Å². The number of nitrogens with zero attached hydrogens (tertiary/aromatic N) is 1. The van der Waals surface area contributed by atoms with Gasteiger partial charge in [-0.15, -0.1) is 0 Å². The SMILES string of the molecule is CCN(CC1CC1)C(=O)c1cc(N)cc(C)c1F. The Kier molecular flexibility index (Phi) is 3.55. The van der Waals surface area contributed by atoms with Gasteiger partial charge in [0.25, 0.3) is 5.91 Å². The quantitative estimate of drug-likeness (QED) is 0.835. The van der Waals surface area contributed by atoms with E-state index in [4.69, 9.17) is 5.73 Å². The lowest BCUT2D eigenvalue weighted by Gasteiger charge is -2.21. The molecule has 0 unspecified atom stereocenters. The number of hydrogen-bond donors (Lipinski definition) is 1. The van der Waals surface area contributed by atoms with E-state index in [0.29, 0.717) is 23.7 Å². The Morgan fingerprint density at radius 3 is 2.72 bits per heavy atom. The zero-order chi connectivity index (χ0) is 13.3. The third-order valence-electron chi connectivity index (χ3n) is 3.35. The van der Waals surface area contributed by atoms with Crippen molar-refractivity contribution in [2.24, 2.45) is 5.92 Å². The van der Waals surface area contributed by atoms with Crippen LogP contribution >= 0.6 is 0 Å². The lowest BCUT2D eigenvalue weighted by atomic mass is 10.1. The van der Waals surface area contributed by atoms with E-state index in [-0.39, 0.29) is 11.5 Å². The first-order chi connectivity index (χ1) is 8.52. The van der Waals surface area contributed by atoms with E-state index in [1.165, 1.54) is 18.9 Å². The zero-order valence-corrected chi connectivity index (χ0v) is 10.9.